The summed E-state index contributed by atoms with van der Waals surface area (Å²) in [5.41, 5.74) is 0.952. The van der Waals surface area contributed by atoms with Gasteiger partial charge in [-0.2, -0.15) is 0 Å². The number of amides is 2. The zero-order valence-electron chi connectivity index (χ0n) is 12.8. The Balaban J connectivity index is 1.87. The molecule has 0 saturated carbocycles. The number of esters is 1. The number of rotatable bonds is 5. The highest BCUT2D eigenvalue weighted by molar-refractivity contribution is 5.99. The van der Waals surface area contributed by atoms with Crippen LogP contribution in [-0.4, -0.2) is 31.4 Å². The normalized spacial score (nSPS) is 9.92. The smallest absolute Gasteiger partial charge is 0.337 e. The van der Waals surface area contributed by atoms with E-state index in [-0.39, 0.29) is 12.1 Å². The average molecular weight is 330 g/mol. The lowest BCUT2D eigenvalue weighted by Gasteiger charge is -2.07. The molecular weight excluding hydrogens is 315 g/mol. The van der Waals surface area contributed by atoms with Gasteiger partial charge in [-0.3, -0.25) is 9.59 Å². The summed E-state index contributed by atoms with van der Waals surface area (Å²) in [5, 5.41) is 4.96. The van der Waals surface area contributed by atoms with Crippen LogP contribution in [0.15, 0.2) is 48.5 Å². The van der Waals surface area contributed by atoms with E-state index in [1.54, 1.807) is 12.1 Å². The highest BCUT2D eigenvalue weighted by Gasteiger charge is 2.10. The molecule has 0 saturated heterocycles. The van der Waals surface area contributed by atoms with Crippen LogP contribution in [0.4, 0.5) is 10.1 Å². The number of carbonyl (C=O) groups is 3. The summed E-state index contributed by atoms with van der Waals surface area (Å²) in [4.78, 5) is 34.9. The first-order valence-corrected chi connectivity index (χ1v) is 7.01. The van der Waals surface area contributed by atoms with Crippen LogP contribution in [-0.2, 0) is 9.53 Å². The van der Waals surface area contributed by atoms with E-state index in [0.29, 0.717) is 11.3 Å². The van der Waals surface area contributed by atoms with Crippen molar-refractivity contribution in [1.29, 1.82) is 0 Å². The quantitative estimate of drug-likeness (QED) is 0.821. The van der Waals surface area contributed by atoms with Crippen LogP contribution in [0.25, 0.3) is 0 Å². The van der Waals surface area contributed by atoms with Crippen molar-refractivity contribution in [2.75, 3.05) is 19.0 Å². The maximum Gasteiger partial charge on any atom is 0.337 e. The first-order valence-electron chi connectivity index (χ1n) is 7.01. The van der Waals surface area contributed by atoms with Gasteiger partial charge in [-0.15, -0.1) is 0 Å². The number of hydrogen-bond donors (Lipinski definition) is 2. The Hall–Kier alpha value is -3.22. The number of carbonyl (C=O) groups excluding carboxylic acids is 3. The summed E-state index contributed by atoms with van der Waals surface area (Å²) in [6, 6.07) is 11.3. The minimum absolute atomic E-state index is 0.130. The zero-order valence-corrected chi connectivity index (χ0v) is 12.8. The Morgan fingerprint density at radius 3 is 2.38 bits per heavy atom. The number of halogens is 1. The van der Waals surface area contributed by atoms with Gasteiger partial charge in [0.05, 0.1) is 19.2 Å². The van der Waals surface area contributed by atoms with Crippen LogP contribution in [0.2, 0.25) is 0 Å². The first-order chi connectivity index (χ1) is 11.5. The molecule has 0 aliphatic carbocycles. The zero-order chi connectivity index (χ0) is 17.5. The molecule has 0 aliphatic rings. The van der Waals surface area contributed by atoms with Gasteiger partial charge in [0.25, 0.3) is 5.91 Å². The van der Waals surface area contributed by atoms with Gasteiger partial charge >= 0.3 is 5.97 Å². The van der Waals surface area contributed by atoms with Gasteiger partial charge in [0, 0.05) is 11.3 Å². The minimum atomic E-state index is -0.550. The number of hydrogen-bond acceptors (Lipinski definition) is 4. The van der Waals surface area contributed by atoms with Crippen LogP contribution in [0, 0.1) is 5.82 Å². The molecule has 0 bridgehead atoms. The molecule has 0 radical (unpaired) electrons. The van der Waals surface area contributed by atoms with Gasteiger partial charge < -0.3 is 15.4 Å². The largest absolute Gasteiger partial charge is 0.465 e. The number of anilines is 1. The number of methoxy groups -OCH3 is 1. The molecule has 0 aromatic heterocycles. The summed E-state index contributed by atoms with van der Waals surface area (Å²) >= 11 is 0. The fourth-order valence-electron chi connectivity index (χ4n) is 1.91. The van der Waals surface area contributed by atoms with E-state index in [4.69, 9.17) is 0 Å². The highest BCUT2D eigenvalue weighted by Crippen LogP contribution is 2.10. The lowest BCUT2D eigenvalue weighted by molar-refractivity contribution is -0.115. The first kappa shape index (κ1) is 17.1. The third-order valence-corrected chi connectivity index (χ3v) is 3.09. The number of nitrogens with one attached hydrogen (secondary N) is 2. The van der Waals surface area contributed by atoms with Gasteiger partial charge in [-0.1, -0.05) is 6.07 Å². The van der Waals surface area contributed by atoms with Gasteiger partial charge in [0.1, 0.15) is 5.82 Å². The van der Waals surface area contributed by atoms with Crippen molar-refractivity contribution in [3.63, 3.8) is 0 Å². The van der Waals surface area contributed by atoms with E-state index in [9.17, 15) is 18.8 Å². The van der Waals surface area contributed by atoms with Gasteiger partial charge in [0.2, 0.25) is 5.91 Å². The van der Waals surface area contributed by atoms with E-state index in [1.807, 2.05) is 0 Å². The second-order valence-electron chi connectivity index (χ2n) is 4.81. The van der Waals surface area contributed by atoms with Crippen LogP contribution in [0.1, 0.15) is 20.7 Å². The topological polar surface area (TPSA) is 84.5 Å². The molecule has 124 valence electrons. The summed E-state index contributed by atoms with van der Waals surface area (Å²) in [5.74, 6) is -2.01. The number of ether oxygens (including phenoxy) is 1. The monoisotopic (exact) mass is 330 g/mol. The van der Waals surface area contributed by atoms with Crippen molar-refractivity contribution in [3.05, 3.63) is 65.5 Å². The van der Waals surface area contributed by atoms with Crippen molar-refractivity contribution >= 4 is 23.5 Å². The molecule has 0 spiro atoms. The van der Waals surface area contributed by atoms with E-state index in [0.717, 1.165) is 6.07 Å². The van der Waals surface area contributed by atoms with Gasteiger partial charge in [0.15, 0.2) is 0 Å². The number of benzene rings is 2. The molecule has 7 heteroatoms. The molecule has 0 fully saturated rings. The van der Waals surface area contributed by atoms with E-state index >= 15 is 0 Å². The van der Waals surface area contributed by atoms with Crippen molar-refractivity contribution in [3.8, 4) is 0 Å². The lowest BCUT2D eigenvalue weighted by atomic mass is 10.2. The van der Waals surface area contributed by atoms with Crippen molar-refractivity contribution < 1.29 is 23.5 Å². The molecule has 2 aromatic rings. The Labute approximate surface area is 137 Å². The fourth-order valence-corrected chi connectivity index (χ4v) is 1.91. The fraction of sp³-hybridized carbons (Fsp3) is 0.118. The lowest BCUT2D eigenvalue weighted by Crippen LogP contribution is -2.32. The van der Waals surface area contributed by atoms with Crippen molar-refractivity contribution in [1.82, 2.24) is 5.32 Å². The van der Waals surface area contributed by atoms with E-state index < -0.39 is 23.6 Å². The molecule has 2 aromatic carbocycles. The van der Waals surface area contributed by atoms with E-state index in [2.05, 4.69) is 15.4 Å². The van der Waals surface area contributed by atoms with Crippen LogP contribution < -0.4 is 10.6 Å². The Morgan fingerprint density at radius 1 is 1.04 bits per heavy atom. The summed E-state index contributed by atoms with van der Waals surface area (Å²) in [7, 11) is 1.28. The molecule has 24 heavy (non-hydrogen) atoms. The maximum atomic E-state index is 13.0. The predicted octanol–water partition coefficient (Wildman–Crippen LogP) is 1.98. The van der Waals surface area contributed by atoms with Gasteiger partial charge in [-0.05, 0) is 42.5 Å². The molecule has 0 aliphatic heterocycles. The molecule has 0 atom stereocenters. The molecule has 0 heterocycles. The molecule has 6 nitrogen and oxygen atoms in total. The van der Waals surface area contributed by atoms with E-state index in [1.165, 1.54) is 37.4 Å². The van der Waals surface area contributed by atoms with Crippen molar-refractivity contribution in [2.24, 2.45) is 0 Å². The van der Waals surface area contributed by atoms with Gasteiger partial charge in [-0.25, -0.2) is 9.18 Å². The second-order valence-corrected chi connectivity index (χ2v) is 4.81. The SMILES string of the molecule is COC(=O)c1ccc(NC(=O)CNC(=O)c2cccc(F)c2)cc1. The molecule has 2 N–H and O–H groups in total. The molecule has 2 rings (SSSR count). The third kappa shape index (κ3) is 4.64. The summed E-state index contributed by atoms with van der Waals surface area (Å²) < 4.78 is 17.6. The predicted molar refractivity (Wildman–Crippen MR) is 85.1 cm³/mol. The van der Waals surface area contributed by atoms with Crippen LogP contribution in [0.5, 0.6) is 0 Å². The Morgan fingerprint density at radius 2 is 1.75 bits per heavy atom. The maximum absolute atomic E-state index is 13.0. The Kier molecular flexibility index (Phi) is 5.62. The summed E-state index contributed by atoms with van der Waals surface area (Å²) in [6.07, 6.45) is 0. The summed E-state index contributed by atoms with van der Waals surface area (Å²) in [6.45, 7) is -0.270. The van der Waals surface area contributed by atoms with Crippen molar-refractivity contribution in [2.45, 2.75) is 0 Å². The average Bonchev–Trinajstić information content (AvgIpc) is 2.59. The second kappa shape index (κ2) is 7.87. The molecule has 2 amide bonds. The van der Waals surface area contributed by atoms with Crippen LogP contribution >= 0.6 is 0 Å². The van der Waals surface area contributed by atoms with Crippen LogP contribution in [0.3, 0.4) is 0 Å². The molecular formula is C17H15FN2O4. The highest BCUT2D eigenvalue weighted by atomic mass is 19.1. The standard InChI is InChI=1S/C17H15FN2O4/c1-24-17(23)11-5-7-14(8-6-11)20-15(21)10-19-16(22)12-3-2-4-13(18)9-12/h2-9H,10H2,1H3,(H,19,22)(H,20,21). The Bertz CT molecular complexity index is 759. The molecule has 0 unspecified atom stereocenters. The third-order valence-electron chi connectivity index (χ3n) is 3.09. The minimum Gasteiger partial charge on any atom is -0.465 e.